The van der Waals surface area contributed by atoms with Gasteiger partial charge in [-0.1, -0.05) is 42.5 Å². The van der Waals surface area contributed by atoms with Gasteiger partial charge in [0.15, 0.2) is 0 Å². The summed E-state index contributed by atoms with van der Waals surface area (Å²) in [7, 11) is 0. The Morgan fingerprint density at radius 1 is 1.18 bits per heavy atom. The van der Waals surface area contributed by atoms with E-state index in [1.54, 1.807) is 18.7 Å². The van der Waals surface area contributed by atoms with Gasteiger partial charge in [-0.15, -0.1) is 0 Å². The number of carbonyl (C=O) groups is 1. The van der Waals surface area contributed by atoms with Gasteiger partial charge in [-0.25, -0.2) is 4.79 Å². The van der Waals surface area contributed by atoms with Gasteiger partial charge in [0.1, 0.15) is 0 Å². The summed E-state index contributed by atoms with van der Waals surface area (Å²) in [5.74, 6) is 0. The van der Waals surface area contributed by atoms with E-state index in [2.05, 4.69) is 23.5 Å². The van der Waals surface area contributed by atoms with Gasteiger partial charge in [0.05, 0.1) is 12.1 Å². The van der Waals surface area contributed by atoms with Crippen LogP contribution in [0.3, 0.4) is 0 Å². The highest BCUT2D eigenvalue weighted by atomic mass is 16.3. The molecule has 0 saturated heterocycles. The Balaban J connectivity index is 2.06. The number of benzene rings is 2. The van der Waals surface area contributed by atoms with Crippen molar-refractivity contribution < 1.29 is 9.90 Å². The maximum atomic E-state index is 12.3. The van der Waals surface area contributed by atoms with Crippen molar-refractivity contribution in [3.05, 3.63) is 48.0 Å². The first kappa shape index (κ1) is 16.3. The van der Waals surface area contributed by atoms with E-state index in [4.69, 9.17) is 0 Å². The predicted octanol–water partition coefficient (Wildman–Crippen LogP) is 3.14. The average Bonchev–Trinajstić information content (AvgIpc) is 2.49. The van der Waals surface area contributed by atoms with Crippen molar-refractivity contribution in [2.45, 2.75) is 32.9 Å². The Kier molecular flexibility index (Phi) is 5.03. The number of nitrogens with zero attached hydrogens (tertiary/aromatic N) is 1. The van der Waals surface area contributed by atoms with E-state index < -0.39 is 5.60 Å². The molecule has 0 fully saturated rings. The number of carbonyl (C=O) groups excluding carboxylic acids is 1. The molecular weight excluding hydrogens is 276 g/mol. The smallest absolute Gasteiger partial charge is 0.317 e. The zero-order valence-corrected chi connectivity index (χ0v) is 13.5. The lowest BCUT2D eigenvalue weighted by molar-refractivity contribution is 0.0480. The van der Waals surface area contributed by atoms with Crippen LogP contribution >= 0.6 is 0 Å². The minimum atomic E-state index is -0.896. The lowest BCUT2D eigenvalue weighted by atomic mass is 10.0. The molecule has 0 unspecified atom stereocenters. The maximum absolute atomic E-state index is 12.3. The Bertz CT molecular complexity index is 642. The van der Waals surface area contributed by atoms with Crippen LogP contribution in [0.2, 0.25) is 0 Å². The molecule has 2 aromatic rings. The summed E-state index contributed by atoms with van der Waals surface area (Å²) in [6.45, 7) is 6.66. The van der Waals surface area contributed by atoms with Gasteiger partial charge in [-0.3, -0.25) is 0 Å². The largest absolute Gasteiger partial charge is 0.389 e. The van der Waals surface area contributed by atoms with Crippen molar-refractivity contribution in [2.75, 3.05) is 13.1 Å². The van der Waals surface area contributed by atoms with Crippen molar-refractivity contribution in [3.63, 3.8) is 0 Å². The van der Waals surface area contributed by atoms with Gasteiger partial charge in [-0.05, 0) is 37.1 Å². The Morgan fingerprint density at radius 2 is 1.86 bits per heavy atom. The first-order chi connectivity index (χ1) is 10.4. The monoisotopic (exact) mass is 300 g/mol. The van der Waals surface area contributed by atoms with Crippen LogP contribution in [0.5, 0.6) is 0 Å². The minimum absolute atomic E-state index is 0.155. The van der Waals surface area contributed by atoms with Crippen LogP contribution < -0.4 is 5.32 Å². The molecule has 0 heterocycles. The number of amides is 2. The highest BCUT2D eigenvalue weighted by Crippen LogP contribution is 2.18. The maximum Gasteiger partial charge on any atom is 0.317 e. The van der Waals surface area contributed by atoms with Crippen molar-refractivity contribution in [1.82, 2.24) is 10.2 Å². The molecule has 0 saturated carbocycles. The second kappa shape index (κ2) is 6.79. The molecule has 4 heteroatoms. The topological polar surface area (TPSA) is 52.6 Å². The van der Waals surface area contributed by atoms with Crippen LogP contribution in [0, 0.1) is 0 Å². The van der Waals surface area contributed by atoms with E-state index in [0.29, 0.717) is 19.6 Å². The van der Waals surface area contributed by atoms with Crippen LogP contribution in [0.15, 0.2) is 42.5 Å². The van der Waals surface area contributed by atoms with E-state index in [1.165, 1.54) is 0 Å². The number of aliphatic hydroxyl groups is 1. The lowest BCUT2D eigenvalue weighted by Crippen LogP contribution is -2.46. The zero-order chi connectivity index (χ0) is 16.2. The fourth-order valence-electron chi connectivity index (χ4n) is 2.52. The van der Waals surface area contributed by atoms with Gasteiger partial charge in [0.2, 0.25) is 0 Å². The van der Waals surface area contributed by atoms with Crippen LogP contribution in [0.25, 0.3) is 10.8 Å². The molecule has 2 aromatic carbocycles. The van der Waals surface area contributed by atoms with Crippen molar-refractivity contribution in [2.24, 2.45) is 0 Å². The molecule has 0 radical (unpaired) electrons. The quantitative estimate of drug-likeness (QED) is 0.891. The molecule has 2 N–H and O–H groups in total. The highest BCUT2D eigenvalue weighted by Gasteiger charge is 2.21. The minimum Gasteiger partial charge on any atom is -0.389 e. The van der Waals surface area contributed by atoms with Crippen LogP contribution in [0.1, 0.15) is 26.3 Å². The lowest BCUT2D eigenvalue weighted by Gasteiger charge is -2.28. The third-order valence-electron chi connectivity index (χ3n) is 3.56. The number of fused-ring (bicyclic) bond motifs is 1. The summed E-state index contributed by atoms with van der Waals surface area (Å²) in [4.78, 5) is 13.9. The van der Waals surface area contributed by atoms with E-state index in [9.17, 15) is 9.90 Å². The summed E-state index contributed by atoms with van der Waals surface area (Å²) in [6.07, 6.45) is 0. The Hall–Kier alpha value is -2.07. The number of likely N-dealkylation sites (N-methyl/N-ethyl adjacent to an activating group) is 1. The van der Waals surface area contributed by atoms with Crippen molar-refractivity contribution in [3.8, 4) is 0 Å². The molecule has 0 bridgehead atoms. The third-order valence-corrected chi connectivity index (χ3v) is 3.56. The van der Waals surface area contributed by atoms with E-state index >= 15 is 0 Å². The number of rotatable bonds is 5. The van der Waals surface area contributed by atoms with E-state index in [-0.39, 0.29) is 6.03 Å². The normalized spacial score (nSPS) is 11.5. The molecule has 0 spiro atoms. The second-order valence-electron chi connectivity index (χ2n) is 6.12. The van der Waals surface area contributed by atoms with Crippen molar-refractivity contribution >= 4 is 16.8 Å². The predicted molar refractivity (Wildman–Crippen MR) is 89.7 cm³/mol. The van der Waals surface area contributed by atoms with Gasteiger partial charge in [0, 0.05) is 13.1 Å². The Morgan fingerprint density at radius 3 is 2.55 bits per heavy atom. The SMILES string of the molecule is CCN(CC(C)(C)O)C(=O)NCc1cccc2ccccc12. The van der Waals surface area contributed by atoms with E-state index in [0.717, 1.165) is 16.3 Å². The molecule has 4 nitrogen and oxygen atoms in total. The standard InChI is InChI=1S/C18H24N2O2/c1-4-20(13-18(2,3)22)17(21)19-12-15-10-7-9-14-8-5-6-11-16(14)15/h5-11,22H,4,12-13H2,1-3H3,(H,19,21). The van der Waals surface area contributed by atoms with Crippen molar-refractivity contribution in [1.29, 1.82) is 0 Å². The first-order valence-corrected chi connectivity index (χ1v) is 7.62. The van der Waals surface area contributed by atoms with Gasteiger partial charge >= 0.3 is 6.03 Å². The average molecular weight is 300 g/mol. The number of hydrogen-bond donors (Lipinski definition) is 2. The molecule has 0 aliphatic carbocycles. The van der Waals surface area contributed by atoms with Gasteiger partial charge in [-0.2, -0.15) is 0 Å². The van der Waals surface area contributed by atoms with Gasteiger partial charge in [0.25, 0.3) is 0 Å². The zero-order valence-electron chi connectivity index (χ0n) is 13.5. The number of hydrogen-bond acceptors (Lipinski definition) is 2. The number of urea groups is 1. The summed E-state index contributed by atoms with van der Waals surface area (Å²) in [6, 6.07) is 14.1. The molecule has 2 rings (SSSR count). The molecular formula is C18H24N2O2. The summed E-state index contributed by atoms with van der Waals surface area (Å²) in [5.41, 5.74) is 0.193. The fraction of sp³-hybridized carbons (Fsp3) is 0.389. The molecule has 0 atom stereocenters. The molecule has 22 heavy (non-hydrogen) atoms. The number of nitrogens with one attached hydrogen (secondary N) is 1. The molecule has 2 amide bonds. The molecule has 0 aliphatic rings. The van der Waals surface area contributed by atoms with Crippen LogP contribution in [-0.2, 0) is 6.54 Å². The van der Waals surface area contributed by atoms with E-state index in [1.807, 2.05) is 31.2 Å². The highest BCUT2D eigenvalue weighted by molar-refractivity contribution is 5.86. The van der Waals surface area contributed by atoms with Crippen LogP contribution in [-0.4, -0.2) is 34.7 Å². The Labute approximate surface area is 131 Å². The summed E-state index contributed by atoms with van der Waals surface area (Å²) in [5, 5.41) is 15.1. The third kappa shape index (κ3) is 4.21. The summed E-state index contributed by atoms with van der Waals surface area (Å²) >= 11 is 0. The second-order valence-corrected chi connectivity index (χ2v) is 6.12. The molecule has 118 valence electrons. The fourth-order valence-corrected chi connectivity index (χ4v) is 2.52. The van der Waals surface area contributed by atoms with Gasteiger partial charge < -0.3 is 15.3 Å². The molecule has 0 aliphatic heterocycles. The van der Waals surface area contributed by atoms with Crippen LogP contribution in [0.4, 0.5) is 4.79 Å². The molecule has 0 aromatic heterocycles. The summed E-state index contributed by atoms with van der Waals surface area (Å²) < 4.78 is 0. The first-order valence-electron chi connectivity index (χ1n) is 7.62.